The Hall–Kier alpha value is -3.55. The number of H-pyrrole nitrogens is 1. The van der Waals surface area contributed by atoms with Gasteiger partial charge in [0.15, 0.2) is 0 Å². The molecule has 1 aliphatic heterocycles. The SMILES string of the molecule is C=C(N)N1CCCC(C[C@@H](C(=O)OC)[C@@H](C)NC(=O)c2ccc(-c3ccc(=O)[nH]c3)cc2)C1. The lowest BCUT2D eigenvalue weighted by molar-refractivity contribution is -0.147. The van der Waals surface area contributed by atoms with E-state index in [1.165, 1.54) is 13.2 Å². The van der Waals surface area contributed by atoms with Crippen LogP contribution in [0.15, 0.2) is 59.8 Å². The van der Waals surface area contributed by atoms with Crippen LogP contribution in [0.25, 0.3) is 11.1 Å². The highest BCUT2D eigenvalue weighted by molar-refractivity contribution is 5.95. The molecule has 4 N–H and O–H groups in total. The number of amides is 1. The molecule has 1 amide bonds. The number of benzene rings is 1. The summed E-state index contributed by atoms with van der Waals surface area (Å²) in [6.45, 7) is 7.27. The number of carbonyl (C=O) groups is 2. The Balaban J connectivity index is 1.66. The number of piperidine rings is 1. The zero-order valence-electron chi connectivity index (χ0n) is 19.2. The van der Waals surface area contributed by atoms with Gasteiger partial charge in [-0.2, -0.15) is 0 Å². The number of likely N-dealkylation sites (tertiary alicyclic amines) is 1. The Morgan fingerprint density at radius 1 is 1.24 bits per heavy atom. The van der Waals surface area contributed by atoms with Gasteiger partial charge in [-0.15, -0.1) is 0 Å². The molecule has 2 heterocycles. The predicted octanol–water partition coefficient (Wildman–Crippen LogP) is 2.48. The van der Waals surface area contributed by atoms with Crippen LogP contribution in [0.5, 0.6) is 0 Å². The Morgan fingerprint density at radius 2 is 1.94 bits per heavy atom. The van der Waals surface area contributed by atoms with Crippen LogP contribution in [-0.4, -0.2) is 48.0 Å². The van der Waals surface area contributed by atoms with Crippen LogP contribution in [0.3, 0.4) is 0 Å². The Kier molecular flexibility index (Phi) is 7.92. The van der Waals surface area contributed by atoms with Gasteiger partial charge in [-0.3, -0.25) is 14.4 Å². The van der Waals surface area contributed by atoms with E-state index in [9.17, 15) is 14.4 Å². The van der Waals surface area contributed by atoms with E-state index in [0.29, 0.717) is 17.8 Å². The lowest BCUT2D eigenvalue weighted by atomic mass is 9.85. The molecule has 3 atom stereocenters. The molecule has 8 heteroatoms. The number of pyridine rings is 1. The van der Waals surface area contributed by atoms with Crippen molar-refractivity contribution in [1.82, 2.24) is 15.2 Å². The fraction of sp³-hybridized carbons (Fsp3) is 0.400. The summed E-state index contributed by atoms with van der Waals surface area (Å²) in [6.07, 6.45) is 4.21. The molecule has 1 saturated heterocycles. The minimum absolute atomic E-state index is 0.169. The third kappa shape index (κ3) is 6.25. The van der Waals surface area contributed by atoms with Crippen LogP contribution in [0, 0.1) is 11.8 Å². The molecule has 1 aromatic heterocycles. The molecule has 176 valence electrons. The summed E-state index contributed by atoms with van der Waals surface area (Å²) in [5, 5.41) is 2.96. The number of hydrogen-bond acceptors (Lipinski definition) is 6. The van der Waals surface area contributed by atoms with Gasteiger partial charge in [0.05, 0.1) is 18.8 Å². The number of aromatic amines is 1. The number of methoxy groups -OCH3 is 1. The molecular weight excluding hydrogens is 420 g/mol. The molecule has 1 fully saturated rings. The fourth-order valence-corrected chi connectivity index (χ4v) is 4.33. The van der Waals surface area contributed by atoms with Crippen LogP contribution < -0.4 is 16.6 Å². The highest BCUT2D eigenvalue weighted by Crippen LogP contribution is 2.27. The maximum atomic E-state index is 12.8. The summed E-state index contributed by atoms with van der Waals surface area (Å²) < 4.78 is 5.04. The average Bonchev–Trinajstić information content (AvgIpc) is 2.82. The smallest absolute Gasteiger partial charge is 0.310 e. The first kappa shape index (κ1) is 24.1. The zero-order valence-corrected chi connectivity index (χ0v) is 19.2. The second-order valence-electron chi connectivity index (χ2n) is 8.59. The number of carbonyl (C=O) groups excluding carboxylic acids is 2. The molecule has 8 nitrogen and oxygen atoms in total. The summed E-state index contributed by atoms with van der Waals surface area (Å²) in [7, 11) is 1.37. The van der Waals surface area contributed by atoms with Crippen molar-refractivity contribution >= 4 is 11.9 Å². The number of ether oxygens (including phenoxy) is 1. The first-order valence-electron chi connectivity index (χ1n) is 11.2. The molecule has 3 rings (SSSR count). The van der Waals surface area contributed by atoms with Crippen molar-refractivity contribution in [3.63, 3.8) is 0 Å². The lowest BCUT2D eigenvalue weighted by Crippen LogP contribution is -2.44. The van der Waals surface area contributed by atoms with Crippen molar-refractivity contribution in [2.75, 3.05) is 20.2 Å². The molecule has 33 heavy (non-hydrogen) atoms. The molecule has 0 aliphatic carbocycles. The summed E-state index contributed by atoms with van der Waals surface area (Å²) in [5.74, 6) is -0.250. The molecule has 0 radical (unpaired) electrons. The van der Waals surface area contributed by atoms with Gasteiger partial charge in [-0.05, 0) is 61.4 Å². The normalized spacial score (nSPS) is 17.6. The van der Waals surface area contributed by atoms with Gasteiger partial charge in [-0.25, -0.2) is 0 Å². The molecule has 1 aliphatic rings. The van der Waals surface area contributed by atoms with Crippen molar-refractivity contribution in [2.24, 2.45) is 17.6 Å². The van der Waals surface area contributed by atoms with Gasteiger partial charge in [0, 0.05) is 37.0 Å². The quantitative estimate of drug-likeness (QED) is 0.530. The van der Waals surface area contributed by atoms with Crippen LogP contribution >= 0.6 is 0 Å². The third-order valence-corrected chi connectivity index (χ3v) is 6.24. The number of aromatic nitrogens is 1. The second-order valence-corrected chi connectivity index (χ2v) is 8.59. The largest absolute Gasteiger partial charge is 0.469 e. The monoisotopic (exact) mass is 452 g/mol. The van der Waals surface area contributed by atoms with Crippen molar-refractivity contribution in [3.8, 4) is 11.1 Å². The van der Waals surface area contributed by atoms with E-state index >= 15 is 0 Å². The molecule has 1 unspecified atom stereocenters. The average molecular weight is 453 g/mol. The van der Waals surface area contributed by atoms with E-state index < -0.39 is 12.0 Å². The van der Waals surface area contributed by atoms with Gasteiger partial charge in [0.2, 0.25) is 5.56 Å². The van der Waals surface area contributed by atoms with Crippen molar-refractivity contribution < 1.29 is 14.3 Å². The zero-order chi connectivity index (χ0) is 24.0. The summed E-state index contributed by atoms with van der Waals surface area (Å²) in [5.41, 5.74) is 7.91. The van der Waals surface area contributed by atoms with E-state index in [4.69, 9.17) is 10.5 Å². The number of nitrogens with two attached hydrogens (primary N) is 1. The van der Waals surface area contributed by atoms with Crippen molar-refractivity contribution in [1.29, 1.82) is 0 Å². The van der Waals surface area contributed by atoms with Crippen LogP contribution in [-0.2, 0) is 9.53 Å². The number of nitrogens with one attached hydrogen (secondary N) is 2. The van der Waals surface area contributed by atoms with Crippen LogP contribution in [0.2, 0.25) is 0 Å². The number of esters is 1. The first-order chi connectivity index (χ1) is 15.8. The maximum Gasteiger partial charge on any atom is 0.310 e. The Morgan fingerprint density at radius 3 is 2.55 bits per heavy atom. The van der Waals surface area contributed by atoms with Crippen LogP contribution in [0.1, 0.15) is 36.5 Å². The van der Waals surface area contributed by atoms with Gasteiger partial charge in [-0.1, -0.05) is 18.7 Å². The standard InChI is InChI=1S/C25H32N4O4/c1-16(22(25(32)33-3)13-18-5-4-12-29(15-18)17(2)26)28-24(31)20-8-6-19(7-9-20)21-10-11-23(30)27-14-21/h6-11,14,16,18,22H,2,4-5,12-13,15,26H2,1,3H3,(H,27,30)(H,28,31)/t16-,18?,22-/m1/s1. The van der Waals surface area contributed by atoms with E-state index in [1.807, 2.05) is 24.0 Å². The number of hydrogen-bond donors (Lipinski definition) is 3. The molecule has 0 spiro atoms. The van der Waals surface area contributed by atoms with E-state index in [2.05, 4.69) is 16.9 Å². The summed E-state index contributed by atoms with van der Waals surface area (Å²) in [4.78, 5) is 41.3. The number of rotatable bonds is 8. The molecule has 2 aromatic rings. The van der Waals surface area contributed by atoms with Gasteiger partial charge < -0.3 is 25.7 Å². The highest BCUT2D eigenvalue weighted by Gasteiger charge is 2.32. The van der Waals surface area contributed by atoms with Crippen LogP contribution in [0.4, 0.5) is 0 Å². The van der Waals surface area contributed by atoms with E-state index in [0.717, 1.165) is 37.1 Å². The summed E-state index contributed by atoms with van der Waals surface area (Å²) in [6, 6.07) is 9.87. The number of nitrogens with zero attached hydrogens (tertiary/aromatic N) is 1. The molecule has 0 saturated carbocycles. The van der Waals surface area contributed by atoms with E-state index in [-0.39, 0.29) is 23.4 Å². The third-order valence-electron chi connectivity index (χ3n) is 6.24. The summed E-state index contributed by atoms with van der Waals surface area (Å²) >= 11 is 0. The Labute approximate surface area is 193 Å². The molecular formula is C25H32N4O4. The maximum absolute atomic E-state index is 12.8. The fourth-order valence-electron chi connectivity index (χ4n) is 4.33. The highest BCUT2D eigenvalue weighted by atomic mass is 16.5. The second kappa shape index (κ2) is 10.8. The predicted molar refractivity (Wildman–Crippen MR) is 127 cm³/mol. The van der Waals surface area contributed by atoms with Gasteiger partial charge in [0.25, 0.3) is 5.91 Å². The van der Waals surface area contributed by atoms with Crippen molar-refractivity contribution in [3.05, 3.63) is 70.9 Å². The van der Waals surface area contributed by atoms with Gasteiger partial charge in [0.1, 0.15) is 0 Å². The topological polar surface area (TPSA) is 118 Å². The van der Waals surface area contributed by atoms with Gasteiger partial charge >= 0.3 is 5.97 Å². The first-order valence-corrected chi connectivity index (χ1v) is 11.2. The Bertz CT molecular complexity index is 1030. The molecule has 0 bridgehead atoms. The molecule has 1 aromatic carbocycles. The lowest BCUT2D eigenvalue weighted by Gasteiger charge is -2.36. The van der Waals surface area contributed by atoms with Crippen molar-refractivity contribution in [2.45, 2.75) is 32.2 Å². The van der Waals surface area contributed by atoms with E-state index in [1.54, 1.807) is 24.4 Å². The minimum Gasteiger partial charge on any atom is -0.469 e. The minimum atomic E-state index is -0.463.